The van der Waals surface area contributed by atoms with Gasteiger partial charge in [-0.1, -0.05) is 18.2 Å². The summed E-state index contributed by atoms with van der Waals surface area (Å²) in [4.78, 5) is 2.25. The highest BCUT2D eigenvalue weighted by Gasteiger charge is 2.13. The van der Waals surface area contributed by atoms with Gasteiger partial charge in [0.2, 0.25) is 0 Å². The minimum Gasteiger partial charge on any atom is -0.207 e. The topological polar surface area (TPSA) is 58.5 Å². The van der Waals surface area contributed by atoms with Crippen LogP contribution in [0, 0.1) is 19.7 Å². The van der Waals surface area contributed by atoms with Crippen LogP contribution in [0.25, 0.3) is 0 Å². The second kappa shape index (κ2) is 6.05. The molecule has 0 saturated heterocycles. The first kappa shape index (κ1) is 15.2. The van der Waals surface area contributed by atoms with Gasteiger partial charge in [-0.3, -0.25) is 0 Å². The first-order valence-corrected chi connectivity index (χ1v) is 7.74. The zero-order valence-electron chi connectivity index (χ0n) is 11.7. The Kier molecular flexibility index (Phi) is 4.37. The van der Waals surface area contributed by atoms with Crippen LogP contribution in [0.2, 0.25) is 0 Å². The van der Waals surface area contributed by atoms with Crippen molar-refractivity contribution in [1.82, 2.24) is 4.83 Å². The second-order valence-corrected chi connectivity index (χ2v) is 6.31. The number of nitrogens with one attached hydrogen (secondary N) is 1. The number of hydrazone groups is 1. The Balaban J connectivity index is 2.16. The van der Waals surface area contributed by atoms with Crippen LogP contribution in [0.5, 0.6) is 0 Å². The molecule has 0 spiro atoms. The van der Waals surface area contributed by atoms with Crippen LogP contribution < -0.4 is 4.83 Å². The van der Waals surface area contributed by atoms with Crippen LogP contribution in [0.1, 0.15) is 16.7 Å². The van der Waals surface area contributed by atoms with Gasteiger partial charge in [-0.25, -0.2) is 9.22 Å². The molecule has 0 aromatic heterocycles. The lowest BCUT2D eigenvalue weighted by Gasteiger charge is -2.06. The average Bonchev–Trinajstić information content (AvgIpc) is 2.41. The van der Waals surface area contributed by atoms with E-state index in [1.54, 1.807) is 18.2 Å². The highest BCUT2D eigenvalue weighted by molar-refractivity contribution is 7.89. The molecule has 0 saturated carbocycles. The maximum Gasteiger partial charge on any atom is 0.276 e. The first-order chi connectivity index (χ1) is 9.88. The highest BCUT2D eigenvalue weighted by atomic mass is 32.2. The summed E-state index contributed by atoms with van der Waals surface area (Å²) in [6.07, 6.45) is 1.25. The zero-order chi connectivity index (χ0) is 15.5. The van der Waals surface area contributed by atoms with Gasteiger partial charge in [0.15, 0.2) is 0 Å². The third-order valence-electron chi connectivity index (χ3n) is 3.02. The molecule has 0 aliphatic carbocycles. The van der Waals surface area contributed by atoms with Gasteiger partial charge < -0.3 is 0 Å². The highest BCUT2D eigenvalue weighted by Crippen LogP contribution is 2.14. The fourth-order valence-electron chi connectivity index (χ4n) is 1.69. The van der Waals surface area contributed by atoms with Crippen molar-refractivity contribution in [2.75, 3.05) is 0 Å². The van der Waals surface area contributed by atoms with Crippen LogP contribution in [-0.4, -0.2) is 14.6 Å². The number of nitrogens with zero attached hydrogens (tertiary/aromatic N) is 1. The Hall–Kier alpha value is -2.21. The van der Waals surface area contributed by atoms with Crippen LogP contribution in [0.3, 0.4) is 0 Å². The molecule has 110 valence electrons. The molecule has 0 fully saturated rings. The van der Waals surface area contributed by atoms with Crippen LogP contribution >= 0.6 is 0 Å². The van der Waals surface area contributed by atoms with Crippen LogP contribution in [-0.2, 0) is 10.0 Å². The Labute approximate surface area is 123 Å². The average molecular weight is 306 g/mol. The second-order valence-electron chi connectivity index (χ2n) is 4.65. The zero-order valence-corrected chi connectivity index (χ0v) is 12.5. The smallest absolute Gasteiger partial charge is 0.207 e. The Bertz CT molecular complexity index is 786. The van der Waals surface area contributed by atoms with E-state index in [1.807, 2.05) is 13.8 Å². The normalized spacial score (nSPS) is 11.8. The molecule has 0 unspecified atom stereocenters. The number of hydrogen-bond donors (Lipinski definition) is 1. The lowest BCUT2D eigenvalue weighted by atomic mass is 10.1. The van der Waals surface area contributed by atoms with Gasteiger partial charge in [0, 0.05) is 0 Å². The van der Waals surface area contributed by atoms with Crippen molar-refractivity contribution in [2.24, 2.45) is 5.10 Å². The van der Waals surface area contributed by atoms with E-state index in [4.69, 9.17) is 0 Å². The number of hydrogen-bond acceptors (Lipinski definition) is 3. The Morgan fingerprint density at radius 2 is 1.86 bits per heavy atom. The molecular weight excluding hydrogens is 291 g/mol. The van der Waals surface area contributed by atoms with E-state index in [0.29, 0.717) is 5.56 Å². The predicted molar refractivity (Wildman–Crippen MR) is 80.2 cm³/mol. The van der Waals surface area contributed by atoms with Crippen LogP contribution in [0.15, 0.2) is 52.5 Å². The standard InChI is InChI=1S/C15H15FN2O2S/c1-11-6-7-15(8-12(11)2)21(19,20)18-17-10-13-4-3-5-14(16)9-13/h3-10,18H,1-2H3/b17-10+. The van der Waals surface area contributed by atoms with Crippen LogP contribution in [0.4, 0.5) is 4.39 Å². The molecule has 0 aliphatic rings. The largest absolute Gasteiger partial charge is 0.276 e. The van der Waals surface area contributed by atoms with E-state index in [-0.39, 0.29) is 4.90 Å². The van der Waals surface area contributed by atoms with Gasteiger partial charge in [-0.15, -0.1) is 0 Å². The van der Waals surface area contributed by atoms with Crippen molar-refractivity contribution in [3.63, 3.8) is 0 Å². The molecule has 4 nitrogen and oxygen atoms in total. The fourth-order valence-corrected chi connectivity index (χ4v) is 2.57. The Morgan fingerprint density at radius 1 is 1.10 bits per heavy atom. The molecule has 2 rings (SSSR count). The minimum atomic E-state index is -3.72. The molecule has 2 aromatic carbocycles. The lowest BCUT2D eigenvalue weighted by Crippen LogP contribution is -2.18. The summed E-state index contributed by atoms with van der Waals surface area (Å²) in [5, 5.41) is 3.65. The molecule has 21 heavy (non-hydrogen) atoms. The molecule has 0 radical (unpaired) electrons. The van der Waals surface area contributed by atoms with Crippen molar-refractivity contribution in [3.05, 3.63) is 65.0 Å². The molecule has 2 aromatic rings. The monoisotopic (exact) mass is 306 g/mol. The van der Waals surface area contributed by atoms with Gasteiger partial charge in [-0.2, -0.15) is 13.5 Å². The molecule has 1 N–H and O–H groups in total. The summed E-state index contributed by atoms with van der Waals surface area (Å²) in [6.45, 7) is 3.74. The van der Waals surface area contributed by atoms with E-state index >= 15 is 0 Å². The summed E-state index contributed by atoms with van der Waals surface area (Å²) >= 11 is 0. The quantitative estimate of drug-likeness (QED) is 0.697. The van der Waals surface area contributed by atoms with E-state index in [0.717, 1.165) is 11.1 Å². The summed E-state index contributed by atoms with van der Waals surface area (Å²) in [7, 11) is -3.72. The van der Waals surface area contributed by atoms with E-state index in [2.05, 4.69) is 9.93 Å². The van der Waals surface area contributed by atoms with Crippen molar-refractivity contribution < 1.29 is 12.8 Å². The third kappa shape index (κ3) is 3.88. The molecular formula is C15H15FN2O2S. The van der Waals surface area contributed by atoms with E-state index in [9.17, 15) is 12.8 Å². The maximum absolute atomic E-state index is 13.0. The molecule has 0 aliphatic heterocycles. The summed E-state index contributed by atoms with van der Waals surface area (Å²) in [5.74, 6) is -0.407. The third-order valence-corrected chi connectivity index (χ3v) is 4.24. The van der Waals surface area contributed by atoms with Crippen molar-refractivity contribution >= 4 is 16.2 Å². The molecule has 0 bridgehead atoms. The number of halogens is 1. The number of rotatable bonds is 4. The van der Waals surface area contributed by atoms with Crippen molar-refractivity contribution in [3.8, 4) is 0 Å². The maximum atomic E-state index is 13.0. The lowest BCUT2D eigenvalue weighted by molar-refractivity contribution is 0.584. The van der Waals surface area contributed by atoms with Crippen molar-refractivity contribution in [1.29, 1.82) is 0 Å². The number of aryl methyl sites for hydroxylation is 2. The SMILES string of the molecule is Cc1ccc(S(=O)(=O)N/N=C/c2cccc(F)c2)cc1C. The molecule has 6 heteroatoms. The fraction of sp³-hybridized carbons (Fsp3) is 0.133. The van der Waals surface area contributed by atoms with Gasteiger partial charge in [0.1, 0.15) is 5.82 Å². The summed E-state index contributed by atoms with van der Waals surface area (Å²) < 4.78 is 37.1. The van der Waals surface area contributed by atoms with E-state index < -0.39 is 15.8 Å². The first-order valence-electron chi connectivity index (χ1n) is 6.26. The molecule has 0 heterocycles. The number of benzene rings is 2. The predicted octanol–water partition coefficient (Wildman–Crippen LogP) is 2.75. The van der Waals surface area contributed by atoms with E-state index in [1.165, 1.54) is 30.5 Å². The van der Waals surface area contributed by atoms with Gasteiger partial charge in [-0.05, 0) is 54.8 Å². The summed E-state index contributed by atoms with van der Waals surface area (Å²) in [5.41, 5.74) is 2.36. The van der Waals surface area contributed by atoms with Gasteiger partial charge in [0.25, 0.3) is 10.0 Å². The summed E-state index contributed by atoms with van der Waals surface area (Å²) in [6, 6.07) is 10.5. The Morgan fingerprint density at radius 3 is 2.52 bits per heavy atom. The van der Waals surface area contributed by atoms with Gasteiger partial charge >= 0.3 is 0 Å². The molecule has 0 amide bonds. The van der Waals surface area contributed by atoms with Crippen molar-refractivity contribution in [2.45, 2.75) is 18.7 Å². The minimum absolute atomic E-state index is 0.141. The molecule has 0 atom stereocenters. The number of sulfonamides is 1. The van der Waals surface area contributed by atoms with Gasteiger partial charge in [0.05, 0.1) is 11.1 Å².